The fraction of sp³-hybridized carbons (Fsp3) is 0.520. The zero-order valence-electron chi connectivity index (χ0n) is 58.2. The van der Waals surface area contributed by atoms with E-state index in [4.69, 9.17) is 29.2 Å². The number of nitrogen functional groups attached to an aromatic ring is 1. The predicted octanol–water partition coefficient (Wildman–Crippen LogP) is 7.88. The van der Waals surface area contributed by atoms with E-state index < -0.39 is 47.3 Å². The zero-order chi connectivity index (χ0) is 70.9. The molecular weight excluding hydrogens is 1290 g/mol. The molecule has 2 aliphatic carbocycles. The van der Waals surface area contributed by atoms with Crippen molar-refractivity contribution < 1.29 is 57.7 Å². The van der Waals surface area contributed by atoms with Crippen LogP contribution >= 0.6 is 0 Å². The molecule has 4 aliphatic heterocycles. The van der Waals surface area contributed by atoms with Crippen molar-refractivity contribution in [3.05, 3.63) is 126 Å². The van der Waals surface area contributed by atoms with Crippen LogP contribution in [0, 0.1) is 22.7 Å². The second-order valence-corrected chi connectivity index (χ2v) is 28.6. The number of β-amino-alcohol motifs (C(OH)–C–C–N with tert-alkyl or cyclic N) is 1. The van der Waals surface area contributed by atoms with Gasteiger partial charge in [-0.2, -0.15) is 5.26 Å². The minimum atomic E-state index is -1.49. The van der Waals surface area contributed by atoms with Gasteiger partial charge in [-0.05, 0) is 156 Å². The van der Waals surface area contributed by atoms with E-state index in [9.17, 15) is 39.4 Å². The van der Waals surface area contributed by atoms with E-state index in [0.717, 1.165) is 106 Å². The van der Waals surface area contributed by atoms with Crippen molar-refractivity contribution in [2.45, 2.75) is 171 Å². The summed E-state index contributed by atoms with van der Waals surface area (Å²) in [6.07, 6.45) is 9.83. The maximum absolute atomic E-state index is 14.2. The molecular formula is C75H94N14O12. The van der Waals surface area contributed by atoms with Crippen molar-refractivity contribution in [1.82, 2.24) is 45.7 Å². The number of hydrogen-bond donors (Lipinski definition) is 6. The van der Waals surface area contributed by atoms with Gasteiger partial charge in [0, 0.05) is 106 Å². The quantitative estimate of drug-likeness (QED) is 0.0184. The molecule has 26 heteroatoms. The summed E-state index contributed by atoms with van der Waals surface area (Å²) in [6.45, 7) is 11.0. The van der Waals surface area contributed by atoms with Gasteiger partial charge in [-0.3, -0.25) is 28.9 Å². The smallest absolute Gasteiger partial charge is 0.319 e. The number of carboxylic acid groups (broad SMARTS) is 1. The number of aliphatic carboxylic acids is 1. The number of carbonyl (C=O) groups is 5. The summed E-state index contributed by atoms with van der Waals surface area (Å²) in [5, 5.41) is 51.6. The number of nitriles is 1. The number of aliphatic hydroxyl groups is 1. The molecule has 101 heavy (non-hydrogen) atoms. The van der Waals surface area contributed by atoms with Crippen LogP contribution in [-0.4, -0.2) is 190 Å². The molecule has 3 aromatic heterocycles. The van der Waals surface area contributed by atoms with Gasteiger partial charge in [0.15, 0.2) is 11.6 Å². The number of anilines is 4. The van der Waals surface area contributed by atoms with Gasteiger partial charge in [-0.15, -0.1) is 10.2 Å². The summed E-state index contributed by atoms with van der Waals surface area (Å²) in [6, 6.07) is 30.1. The SMILES string of the molecule is CC(C)[C@@H](C(=O)N1C[C@H](O)C[C@H]1C(=O)N[C@H](C)c1ccc(C#N)cc1)c1cc(OCCN2CCC(OC3CC(Oc4cc(N5C6CCC5CN(c5cc(-c7ccccc7OCc7ccc(NC(=O)[C@H](CCCCN(C)C)NC(=O)C8(C(=O)O)CCC8)cc7)nnc5N)C6)ccn4)C3)CC2)no1. The van der Waals surface area contributed by atoms with Crippen molar-refractivity contribution in [3.63, 3.8) is 0 Å². The van der Waals surface area contributed by atoms with Crippen LogP contribution in [0.3, 0.4) is 0 Å². The number of fused-ring (bicyclic) bond motifs is 2. The molecule has 2 bridgehead atoms. The summed E-state index contributed by atoms with van der Waals surface area (Å²) >= 11 is 0. The Labute approximate surface area is 589 Å². The van der Waals surface area contributed by atoms with Crippen LogP contribution in [0.15, 0.2) is 108 Å². The number of carbonyl (C=O) groups excluding carboxylic acids is 4. The number of piperazine rings is 1. The standard InChI is InChI=1S/C75H94N14O12/c1-46(2)68(72(93)88-44-55(90)36-63(88)71(92)79-47(3)50-18-14-48(41-76)15-19-50)65-40-67(84-101-65)97-34-33-86-31-25-56(26-32-86)99-57-37-58(38-57)100-66-35-52(24-29-78-66)89-53-22-23-54(89)43-87(42-53)62-39-61(82-83-69(62)77)59-11-6-7-13-64(59)98-45-49-16-20-51(21-17-49)80-70(91)60(12-8-9-30-85(4)5)81-73(94)75(74(95)96)27-10-28-75/h6-7,11,13-21,24,29,35,39-40,46-47,53-58,60,63,68,90H,8-10,12,22-23,25-28,30-34,36-38,42-45H2,1-5H3,(H2,77,83)(H,79,92)(H,80,91)(H,81,94)(H,95,96)/t47-,53?,54?,55-,57?,58?,60+,63+,68-/m1/s1. The Morgan fingerprint density at radius 1 is 0.832 bits per heavy atom. The molecule has 7 atom stereocenters. The first-order valence-corrected chi connectivity index (χ1v) is 35.6. The van der Waals surface area contributed by atoms with Gasteiger partial charge >= 0.3 is 5.97 Å². The van der Waals surface area contributed by atoms with Crippen LogP contribution in [0.1, 0.15) is 139 Å². The first-order valence-electron chi connectivity index (χ1n) is 35.6. The average molecular weight is 1380 g/mol. The Hall–Kier alpha value is -9.42. The molecule has 26 nitrogen and oxygen atoms in total. The number of nitrogens with two attached hydrogens (primary N) is 1. The molecule has 0 spiro atoms. The Balaban J connectivity index is 0.568. The predicted molar refractivity (Wildman–Crippen MR) is 377 cm³/mol. The van der Waals surface area contributed by atoms with E-state index in [1.54, 1.807) is 42.5 Å². The lowest BCUT2D eigenvalue weighted by Crippen LogP contribution is -2.55. The number of ether oxygens (including phenoxy) is 4. The molecule has 2 unspecified atom stereocenters. The fourth-order valence-electron chi connectivity index (χ4n) is 14.9. The minimum absolute atomic E-state index is 0.0111. The number of para-hydroxylation sites is 1. The highest BCUT2D eigenvalue weighted by atomic mass is 16.5. The third-order valence-electron chi connectivity index (χ3n) is 20.9. The lowest BCUT2D eigenvalue weighted by molar-refractivity contribution is -0.162. The van der Waals surface area contributed by atoms with Crippen LogP contribution in [0.25, 0.3) is 11.3 Å². The maximum atomic E-state index is 14.2. The van der Waals surface area contributed by atoms with Crippen LogP contribution in [-0.2, 0) is 35.3 Å². The number of aromatic nitrogens is 4. The number of nitrogens with one attached hydrogen (secondary N) is 3. The van der Waals surface area contributed by atoms with Crippen LogP contribution in [0.5, 0.6) is 17.5 Å². The molecule has 7 heterocycles. The summed E-state index contributed by atoms with van der Waals surface area (Å²) in [7, 11) is 3.95. The number of likely N-dealkylation sites (tertiary alicyclic amines) is 2. The molecule has 4 amide bonds. The number of pyridine rings is 1. The number of carboxylic acids is 1. The van der Waals surface area contributed by atoms with Crippen molar-refractivity contribution in [2.24, 2.45) is 11.3 Å². The first-order chi connectivity index (χ1) is 48.8. The molecule has 6 fully saturated rings. The summed E-state index contributed by atoms with van der Waals surface area (Å²) in [4.78, 5) is 82.1. The zero-order valence-corrected chi connectivity index (χ0v) is 58.2. The maximum Gasteiger partial charge on any atom is 0.319 e. The van der Waals surface area contributed by atoms with Crippen molar-refractivity contribution in [2.75, 3.05) is 87.4 Å². The normalized spacial score (nSPS) is 22.0. The van der Waals surface area contributed by atoms with Crippen LogP contribution < -0.4 is 45.7 Å². The second-order valence-electron chi connectivity index (χ2n) is 28.6. The van der Waals surface area contributed by atoms with Crippen LogP contribution in [0.2, 0.25) is 0 Å². The highest BCUT2D eigenvalue weighted by Crippen LogP contribution is 2.43. The molecule has 7 N–H and O–H groups in total. The van der Waals surface area contributed by atoms with E-state index >= 15 is 0 Å². The van der Waals surface area contributed by atoms with E-state index in [1.807, 2.05) is 83.5 Å². The fourth-order valence-corrected chi connectivity index (χ4v) is 14.9. The molecule has 6 aliphatic rings. The highest BCUT2D eigenvalue weighted by Gasteiger charge is 2.52. The van der Waals surface area contributed by atoms with Gasteiger partial charge in [0.25, 0.3) is 5.88 Å². The minimum Gasteiger partial charge on any atom is -0.488 e. The number of amides is 4. The van der Waals surface area contributed by atoms with Crippen molar-refractivity contribution >= 4 is 52.5 Å². The van der Waals surface area contributed by atoms with E-state index in [2.05, 4.69) is 74.1 Å². The number of piperidine rings is 1. The van der Waals surface area contributed by atoms with Crippen LogP contribution in [0.4, 0.5) is 22.9 Å². The molecule has 4 saturated heterocycles. The van der Waals surface area contributed by atoms with Gasteiger partial charge in [0.2, 0.25) is 29.5 Å². The van der Waals surface area contributed by atoms with Gasteiger partial charge in [0.1, 0.15) is 48.5 Å². The van der Waals surface area contributed by atoms with Gasteiger partial charge in [-0.1, -0.05) is 56.7 Å². The average Bonchev–Trinajstić information content (AvgIpc) is 1.42. The van der Waals surface area contributed by atoms with Crippen molar-refractivity contribution in [1.29, 1.82) is 5.26 Å². The van der Waals surface area contributed by atoms with E-state index in [1.165, 1.54) is 4.90 Å². The second kappa shape index (κ2) is 32.1. The van der Waals surface area contributed by atoms with Gasteiger partial charge < -0.3 is 75.0 Å². The highest BCUT2D eigenvalue weighted by molar-refractivity contribution is 6.05. The van der Waals surface area contributed by atoms with Crippen molar-refractivity contribution in [3.8, 4) is 34.8 Å². The molecule has 0 radical (unpaired) electrons. The Morgan fingerprint density at radius 2 is 1.57 bits per heavy atom. The number of unbranched alkanes of at least 4 members (excludes halogenated alkanes) is 1. The summed E-state index contributed by atoms with van der Waals surface area (Å²) in [5.41, 5.74) is 11.2. The number of nitrogens with zero attached hydrogens (tertiary/aromatic N) is 10. The molecule has 536 valence electrons. The summed E-state index contributed by atoms with van der Waals surface area (Å²) < 4.78 is 31.3. The molecule has 2 saturated carbocycles. The van der Waals surface area contributed by atoms with Gasteiger partial charge in [0.05, 0.1) is 47.4 Å². The Morgan fingerprint density at radius 3 is 2.27 bits per heavy atom. The lowest BCUT2D eigenvalue weighted by atomic mass is 9.68. The first kappa shape index (κ1) is 71.4. The number of rotatable bonds is 30. The molecule has 12 rings (SSSR count). The topological polar surface area (TPSA) is 330 Å². The monoisotopic (exact) mass is 1380 g/mol. The van der Waals surface area contributed by atoms with Gasteiger partial charge in [-0.25, -0.2) is 4.98 Å². The lowest BCUT2D eigenvalue weighted by Gasteiger charge is -2.43. The number of benzene rings is 3. The van der Waals surface area contributed by atoms with E-state index in [0.29, 0.717) is 72.6 Å². The van der Waals surface area contributed by atoms with E-state index in [-0.39, 0.29) is 92.5 Å². The third-order valence-corrected chi connectivity index (χ3v) is 20.9. The number of hydrogen-bond acceptors (Lipinski definition) is 21. The Kier molecular flexibility index (Phi) is 22.7. The largest absolute Gasteiger partial charge is 0.488 e. The summed E-state index contributed by atoms with van der Waals surface area (Å²) in [5.74, 6) is -1.64. The Bertz CT molecular complexity index is 3890. The molecule has 3 aromatic carbocycles. The third kappa shape index (κ3) is 17.0. The molecule has 6 aromatic rings. The number of aliphatic hydroxyl groups excluding tert-OH is 1.